The number of benzene rings is 1. The van der Waals surface area contributed by atoms with Crippen molar-refractivity contribution in [2.75, 3.05) is 20.7 Å². The lowest BCUT2D eigenvalue weighted by Gasteiger charge is -2.10. The molecule has 1 fully saturated rings. The van der Waals surface area contributed by atoms with Gasteiger partial charge in [0, 0.05) is 49.7 Å². The largest absolute Gasteiger partial charge is 0.378 e. The van der Waals surface area contributed by atoms with E-state index in [9.17, 15) is 9.59 Å². The number of halogens is 1. The van der Waals surface area contributed by atoms with Gasteiger partial charge >= 0.3 is 0 Å². The molecule has 0 saturated carbocycles. The van der Waals surface area contributed by atoms with Crippen LogP contribution in [0.25, 0.3) is 16.8 Å². The van der Waals surface area contributed by atoms with Gasteiger partial charge < -0.3 is 9.64 Å². The third kappa shape index (κ3) is 3.13. The quantitative estimate of drug-likeness (QED) is 0.746. The van der Waals surface area contributed by atoms with Crippen molar-refractivity contribution >= 4 is 23.2 Å². The van der Waals surface area contributed by atoms with Crippen molar-refractivity contribution in [3.05, 3.63) is 57.1 Å². The van der Waals surface area contributed by atoms with Crippen LogP contribution in [-0.2, 0) is 16.1 Å². The zero-order valence-electron chi connectivity index (χ0n) is 15.0. The molecule has 0 spiro atoms. The van der Waals surface area contributed by atoms with Crippen LogP contribution >= 0.6 is 11.6 Å². The minimum Gasteiger partial charge on any atom is -0.378 e. The van der Waals surface area contributed by atoms with Crippen molar-refractivity contribution in [1.29, 1.82) is 0 Å². The van der Waals surface area contributed by atoms with Gasteiger partial charge in [0.1, 0.15) is 0 Å². The van der Waals surface area contributed by atoms with Crippen LogP contribution in [0.4, 0.5) is 0 Å². The Morgan fingerprint density at radius 1 is 1.30 bits per heavy atom. The first kappa shape index (κ1) is 17.8. The van der Waals surface area contributed by atoms with E-state index in [2.05, 4.69) is 5.10 Å². The number of fused-ring (bicyclic) bond motifs is 1. The molecule has 1 aliphatic rings. The highest BCUT2D eigenvalue weighted by atomic mass is 35.5. The first-order valence-corrected chi connectivity index (χ1v) is 8.99. The van der Waals surface area contributed by atoms with Gasteiger partial charge in [0.05, 0.1) is 18.0 Å². The molecular formula is C19H19ClN4O3. The van der Waals surface area contributed by atoms with Crippen LogP contribution in [0.1, 0.15) is 23.7 Å². The van der Waals surface area contributed by atoms with E-state index in [0.29, 0.717) is 35.9 Å². The average Bonchev–Trinajstić information content (AvgIpc) is 3.17. The van der Waals surface area contributed by atoms with Crippen molar-refractivity contribution in [1.82, 2.24) is 19.5 Å². The number of carbonyl (C=O) groups is 1. The summed E-state index contributed by atoms with van der Waals surface area (Å²) in [5, 5.41) is 3.72. The smallest absolute Gasteiger partial charge is 0.272 e. The molecule has 1 amide bonds. The highest BCUT2D eigenvalue weighted by Crippen LogP contribution is 2.31. The summed E-state index contributed by atoms with van der Waals surface area (Å²) in [4.78, 5) is 31.0. The molecule has 4 rings (SSSR count). The van der Waals surface area contributed by atoms with E-state index in [1.165, 1.54) is 10.6 Å². The summed E-state index contributed by atoms with van der Waals surface area (Å²) < 4.78 is 6.71. The average molecular weight is 387 g/mol. The molecule has 3 aromatic rings. The van der Waals surface area contributed by atoms with Gasteiger partial charge in [-0.3, -0.25) is 14.7 Å². The molecule has 1 N–H and O–H groups in total. The van der Waals surface area contributed by atoms with E-state index in [0.717, 1.165) is 16.8 Å². The first-order chi connectivity index (χ1) is 13.0. The highest BCUT2D eigenvalue weighted by Gasteiger charge is 2.30. The van der Waals surface area contributed by atoms with Crippen molar-refractivity contribution in [2.24, 2.45) is 0 Å². The van der Waals surface area contributed by atoms with Crippen LogP contribution in [0.3, 0.4) is 0 Å². The lowest BCUT2D eigenvalue weighted by atomic mass is 10.0. The number of nitrogens with one attached hydrogen (secondary N) is 1. The first-order valence-electron chi connectivity index (χ1n) is 8.61. The van der Waals surface area contributed by atoms with Crippen LogP contribution in [-0.4, -0.2) is 46.1 Å². The molecule has 0 bridgehead atoms. The van der Waals surface area contributed by atoms with Gasteiger partial charge in [-0.15, -0.1) is 0 Å². The van der Waals surface area contributed by atoms with Crippen molar-refractivity contribution < 1.29 is 9.53 Å². The van der Waals surface area contributed by atoms with Crippen LogP contribution in [0.2, 0.25) is 5.02 Å². The number of amides is 1. The lowest BCUT2D eigenvalue weighted by Crippen LogP contribution is -2.20. The third-order valence-electron chi connectivity index (χ3n) is 4.89. The molecule has 3 heterocycles. The number of methoxy groups -OCH3 is 1. The topological polar surface area (TPSA) is 79.7 Å². The number of ether oxygens (including phenoxy) is 1. The maximum absolute atomic E-state index is 12.7. The summed E-state index contributed by atoms with van der Waals surface area (Å²) in [6.45, 7) is 0.869. The van der Waals surface area contributed by atoms with E-state index < -0.39 is 0 Å². The predicted octanol–water partition coefficient (Wildman–Crippen LogP) is 2.44. The number of nitrogens with zero attached hydrogens (tertiary/aromatic N) is 3. The van der Waals surface area contributed by atoms with Gasteiger partial charge in [0.15, 0.2) is 5.65 Å². The zero-order chi connectivity index (χ0) is 19.1. The fourth-order valence-corrected chi connectivity index (χ4v) is 3.67. The Morgan fingerprint density at radius 2 is 2.04 bits per heavy atom. The Morgan fingerprint density at radius 3 is 2.67 bits per heavy atom. The molecule has 1 aromatic carbocycles. The molecule has 1 atom stereocenters. The van der Waals surface area contributed by atoms with Crippen molar-refractivity contribution in [3.8, 4) is 11.1 Å². The molecule has 0 aliphatic carbocycles. The Kier molecular flexibility index (Phi) is 4.49. The zero-order valence-corrected chi connectivity index (χ0v) is 15.8. The molecule has 27 heavy (non-hydrogen) atoms. The number of likely N-dealkylation sites (N-methyl/N-ethyl adjacent to an activating group) is 1. The lowest BCUT2D eigenvalue weighted by molar-refractivity contribution is -0.126. The van der Waals surface area contributed by atoms with Gasteiger partial charge in [-0.25, -0.2) is 9.50 Å². The fourth-order valence-electron chi connectivity index (χ4n) is 3.54. The Balaban J connectivity index is 1.91. The summed E-state index contributed by atoms with van der Waals surface area (Å²) in [7, 11) is 3.36. The number of rotatable bonds is 4. The van der Waals surface area contributed by atoms with Gasteiger partial charge in [-0.05, 0) is 17.7 Å². The highest BCUT2D eigenvalue weighted by molar-refractivity contribution is 6.30. The van der Waals surface area contributed by atoms with Gasteiger partial charge in [0.25, 0.3) is 5.56 Å². The summed E-state index contributed by atoms with van der Waals surface area (Å²) in [5.74, 6) is -0.0203. The standard InChI is InChI=1S/C19H19ClN4O3/c1-23-9-12(7-16(23)25)14-8-17(26)24-19(21-14)18(15(22-24)10-27-2)11-3-5-13(20)6-4-11/h3-6,8,12,22H,7,9-10H2,1-2H3/t12-/m0/s1. The van der Waals surface area contributed by atoms with Crippen LogP contribution in [0, 0.1) is 0 Å². The molecular weight excluding hydrogens is 368 g/mol. The Labute approximate surface area is 160 Å². The number of aromatic nitrogens is 3. The monoisotopic (exact) mass is 386 g/mol. The van der Waals surface area contributed by atoms with E-state index in [1.807, 2.05) is 12.1 Å². The maximum atomic E-state index is 12.7. The van der Waals surface area contributed by atoms with Gasteiger partial charge in [0.2, 0.25) is 5.91 Å². The Hall–Kier alpha value is -2.64. The van der Waals surface area contributed by atoms with E-state index >= 15 is 0 Å². The van der Waals surface area contributed by atoms with Gasteiger partial charge in [-0.2, -0.15) is 0 Å². The molecule has 1 saturated heterocycles. The third-order valence-corrected chi connectivity index (χ3v) is 5.14. The fraction of sp³-hybridized carbons (Fsp3) is 0.316. The molecule has 0 unspecified atom stereocenters. The second kappa shape index (κ2) is 6.83. The van der Waals surface area contributed by atoms with Crippen molar-refractivity contribution in [3.63, 3.8) is 0 Å². The van der Waals surface area contributed by atoms with Crippen LogP contribution in [0.15, 0.2) is 35.1 Å². The van der Waals surface area contributed by atoms with Gasteiger partial charge in [-0.1, -0.05) is 23.7 Å². The minimum absolute atomic E-state index is 0.0639. The molecule has 7 nitrogen and oxygen atoms in total. The number of aromatic amines is 1. The summed E-state index contributed by atoms with van der Waals surface area (Å²) >= 11 is 6.02. The summed E-state index contributed by atoms with van der Waals surface area (Å²) in [6.07, 6.45) is 0.366. The number of H-pyrrole nitrogens is 1. The number of likely N-dealkylation sites (tertiary alicyclic amines) is 1. The maximum Gasteiger partial charge on any atom is 0.272 e. The number of hydrogen-bond donors (Lipinski definition) is 1. The van der Waals surface area contributed by atoms with Crippen LogP contribution < -0.4 is 5.56 Å². The summed E-state index contributed by atoms with van der Waals surface area (Å²) in [6, 6.07) is 8.86. The molecule has 0 radical (unpaired) electrons. The molecule has 2 aromatic heterocycles. The second-order valence-corrected chi connectivity index (χ2v) is 7.20. The minimum atomic E-state index is -0.213. The molecule has 8 heteroatoms. The van der Waals surface area contributed by atoms with E-state index in [1.54, 1.807) is 31.2 Å². The van der Waals surface area contributed by atoms with E-state index in [4.69, 9.17) is 21.3 Å². The second-order valence-electron chi connectivity index (χ2n) is 6.76. The van der Waals surface area contributed by atoms with Crippen molar-refractivity contribution in [2.45, 2.75) is 18.9 Å². The van der Waals surface area contributed by atoms with E-state index in [-0.39, 0.29) is 17.4 Å². The Bertz CT molecular complexity index is 1070. The number of carbonyl (C=O) groups excluding carboxylic acids is 1. The SMILES string of the molecule is COCc1[nH]n2c(=O)cc([C@H]3CC(=O)N(C)C3)nc2c1-c1ccc(Cl)cc1. The normalized spacial score (nSPS) is 17.2. The predicted molar refractivity (Wildman–Crippen MR) is 102 cm³/mol. The number of hydrogen-bond acceptors (Lipinski definition) is 4. The summed E-state index contributed by atoms with van der Waals surface area (Å²) in [5.41, 5.74) is 3.37. The van der Waals surface area contributed by atoms with Crippen LogP contribution in [0.5, 0.6) is 0 Å². The molecule has 1 aliphatic heterocycles. The molecule has 140 valence electrons.